The maximum atomic E-state index is 11.9. The van der Waals surface area contributed by atoms with Gasteiger partial charge in [0, 0.05) is 24.7 Å². The molecular weight excluding hydrogens is 228 g/mol. The van der Waals surface area contributed by atoms with Crippen LogP contribution in [0.1, 0.15) is 53.4 Å². The molecule has 1 amide bonds. The second-order valence-electron chi connectivity index (χ2n) is 6.95. The van der Waals surface area contributed by atoms with Gasteiger partial charge in [0.2, 0.25) is 0 Å². The third-order valence-electron chi connectivity index (χ3n) is 3.65. The Labute approximate surface area is 110 Å². The molecule has 2 fully saturated rings. The van der Waals surface area contributed by atoms with E-state index in [1.54, 1.807) is 0 Å². The van der Waals surface area contributed by atoms with Crippen molar-refractivity contribution in [2.75, 3.05) is 13.1 Å². The molecule has 2 aliphatic rings. The lowest BCUT2D eigenvalue weighted by molar-refractivity contribution is 0.0157. The maximum Gasteiger partial charge on any atom is 0.410 e. The number of piperidine rings is 1. The van der Waals surface area contributed by atoms with Gasteiger partial charge in [-0.25, -0.2) is 4.79 Å². The van der Waals surface area contributed by atoms with Crippen LogP contribution < -0.4 is 5.32 Å². The van der Waals surface area contributed by atoms with Gasteiger partial charge in [0.25, 0.3) is 0 Å². The highest BCUT2D eigenvalue weighted by molar-refractivity contribution is 5.68. The highest BCUT2D eigenvalue weighted by Gasteiger charge is 2.37. The van der Waals surface area contributed by atoms with E-state index in [0.717, 1.165) is 32.0 Å². The Balaban J connectivity index is 1.80. The Morgan fingerprint density at radius 1 is 1.28 bits per heavy atom. The number of hydrogen-bond acceptors (Lipinski definition) is 3. The van der Waals surface area contributed by atoms with E-state index in [-0.39, 0.29) is 11.6 Å². The average Bonchev–Trinajstić information content (AvgIpc) is 2.99. The van der Waals surface area contributed by atoms with Gasteiger partial charge >= 0.3 is 6.09 Å². The van der Waals surface area contributed by atoms with Gasteiger partial charge in [0.15, 0.2) is 0 Å². The molecule has 2 rings (SSSR count). The molecule has 1 aliphatic carbocycles. The number of carbonyl (C=O) groups excluding carboxylic acids is 1. The summed E-state index contributed by atoms with van der Waals surface area (Å²) < 4.78 is 5.41. The monoisotopic (exact) mass is 254 g/mol. The van der Waals surface area contributed by atoms with Crippen molar-refractivity contribution in [2.24, 2.45) is 0 Å². The van der Waals surface area contributed by atoms with Gasteiger partial charge in [-0.05, 0) is 53.4 Å². The van der Waals surface area contributed by atoms with Crippen LogP contribution in [0.3, 0.4) is 0 Å². The molecule has 4 heteroatoms. The van der Waals surface area contributed by atoms with Crippen LogP contribution in [-0.4, -0.2) is 41.3 Å². The van der Waals surface area contributed by atoms with Crippen LogP contribution in [0.2, 0.25) is 0 Å². The van der Waals surface area contributed by atoms with E-state index in [0.29, 0.717) is 0 Å². The molecule has 0 unspecified atom stereocenters. The fourth-order valence-electron chi connectivity index (χ4n) is 2.37. The Morgan fingerprint density at radius 2 is 1.83 bits per heavy atom. The molecule has 0 aromatic heterocycles. The average molecular weight is 254 g/mol. The van der Waals surface area contributed by atoms with Crippen molar-refractivity contribution in [3.8, 4) is 0 Å². The van der Waals surface area contributed by atoms with Crippen LogP contribution in [0.5, 0.6) is 0 Å². The SMILES string of the molecule is CC1(NC2CC2)CCN(C(=O)OC(C)(C)C)CC1. The number of rotatable bonds is 2. The summed E-state index contributed by atoms with van der Waals surface area (Å²) in [4.78, 5) is 13.8. The molecule has 1 aliphatic heterocycles. The number of ether oxygens (including phenoxy) is 1. The number of amides is 1. The minimum absolute atomic E-state index is 0.170. The third kappa shape index (κ3) is 3.87. The third-order valence-corrected chi connectivity index (χ3v) is 3.65. The predicted octanol–water partition coefficient (Wildman–Crippen LogP) is 2.53. The highest BCUT2D eigenvalue weighted by Crippen LogP contribution is 2.29. The molecule has 4 nitrogen and oxygen atoms in total. The molecule has 0 aromatic carbocycles. The predicted molar refractivity (Wildman–Crippen MR) is 71.6 cm³/mol. The molecular formula is C14H26N2O2. The number of nitrogens with zero attached hydrogens (tertiary/aromatic N) is 1. The number of hydrogen-bond donors (Lipinski definition) is 1. The summed E-state index contributed by atoms with van der Waals surface area (Å²) in [5.41, 5.74) is -0.191. The Bertz CT molecular complexity index is 310. The van der Waals surface area contributed by atoms with Crippen LogP contribution in [0.4, 0.5) is 4.79 Å². The molecule has 104 valence electrons. The van der Waals surface area contributed by atoms with E-state index in [1.165, 1.54) is 12.8 Å². The van der Waals surface area contributed by atoms with Gasteiger partial charge < -0.3 is 15.0 Å². The summed E-state index contributed by atoms with van der Waals surface area (Å²) in [7, 11) is 0. The van der Waals surface area contributed by atoms with E-state index in [1.807, 2.05) is 25.7 Å². The molecule has 0 aromatic rings. The Morgan fingerprint density at radius 3 is 2.28 bits per heavy atom. The van der Waals surface area contributed by atoms with Crippen LogP contribution >= 0.6 is 0 Å². The molecule has 1 saturated carbocycles. The Kier molecular flexibility index (Phi) is 3.58. The first-order valence-electron chi connectivity index (χ1n) is 7.03. The fraction of sp³-hybridized carbons (Fsp3) is 0.929. The number of nitrogens with one attached hydrogen (secondary N) is 1. The smallest absolute Gasteiger partial charge is 0.410 e. The number of carbonyl (C=O) groups is 1. The minimum Gasteiger partial charge on any atom is -0.444 e. The lowest BCUT2D eigenvalue weighted by Crippen LogP contribution is -2.53. The zero-order valence-electron chi connectivity index (χ0n) is 12.1. The first-order chi connectivity index (χ1) is 8.27. The van der Waals surface area contributed by atoms with Gasteiger partial charge in [0.1, 0.15) is 5.60 Å². The molecule has 1 saturated heterocycles. The summed E-state index contributed by atoms with van der Waals surface area (Å²) in [6.45, 7) is 9.60. The van der Waals surface area contributed by atoms with Crippen LogP contribution in [0.15, 0.2) is 0 Å². The summed E-state index contributed by atoms with van der Waals surface area (Å²) >= 11 is 0. The van der Waals surface area contributed by atoms with E-state index < -0.39 is 5.60 Å². The van der Waals surface area contributed by atoms with Gasteiger partial charge in [-0.15, -0.1) is 0 Å². The lowest BCUT2D eigenvalue weighted by Gasteiger charge is -2.40. The van der Waals surface area contributed by atoms with Crippen molar-refractivity contribution >= 4 is 6.09 Å². The summed E-state index contributed by atoms with van der Waals surface area (Å²) in [5.74, 6) is 0. The van der Waals surface area contributed by atoms with Crippen LogP contribution in [0.25, 0.3) is 0 Å². The summed E-state index contributed by atoms with van der Waals surface area (Å²) in [6.07, 6.45) is 4.48. The van der Waals surface area contributed by atoms with Crippen molar-refractivity contribution in [1.29, 1.82) is 0 Å². The van der Waals surface area contributed by atoms with Crippen LogP contribution in [-0.2, 0) is 4.74 Å². The highest BCUT2D eigenvalue weighted by atomic mass is 16.6. The van der Waals surface area contributed by atoms with Gasteiger partial charge in [0.05, 0.1) is 0 Å². The van der Waals surface area contributed by atoms with Gasteiger partial charge in [-0.3, -0.25) is 0 Å². The Hall–Kier alpha value is -0.770. The van der Waals surface area contributed by atoms with E-state index in [2.05, 4.69) is 12.2 Å². The van der Waals surface area contributed by atoms with Crippen molar-refractivity contribution < 1.29 is 9.53 Å². The zero-order chi connectivity index (χ0) is 13.4. The maximum absolute atomic E-state index is 11.9. The first-order valence-corrected chi connectivity index (χ1v) is 7.03. The normalized spacial score (nSPS) is 23.9. The second-order valence-corrected chi connectivity index (χ2v) is 6.95. The fourth-order valence-corrected chi connectivity index (χ4v) is 2.37. The standard InChI is InChI=1S/C14H26N2O2/c1-13(2,3)18-12(17)16-9-7-14(4,8-10-16)15-11-5-6-11/h11,15H,5-10H2,1-4H3. The lowest BCUT2D eigenvalue weighted by atomic mass is 9.89. The van der Waals surface area contributed by atoms with Crippen molar-refractivity contribution in [2.45, 2.75) is 70.6 Å². The van der Waals surface area contributed by atoms with E-state index in [9.17, 15) is 4.79 Å². The van der Waals surface area contributed by atoms with E-state index >= 15 is 0 Å². The molecule has 1 heterocycles. The van der Waals surface area contributed by atoms with Gasteiger partial charge in [-0.1, -0.05) is 0 Å². The van der Waals surface area contributed by atoms with Crippen molar-refractivity contribution in [3.05, 3.63) is 0 Å². The molecule has 0 atom stereocenters. The molecule has 0 spiro atoms. The first kappa shape index (κ1) is 13.7. The quantitative estimate of drug-likeness (QED) is 0.823. The summed E-state index contributed by atoms with van der Waals surface area (Å²) in [5, 5.41) is 3.70. The molecule has 0 radical (unpaired) electrons. The molecule has 1 N–H and O–H groups in total. The zero-order valence-corrected chi connectivity index (χ0v) is 12.1. The topological polar surface area (TPSA) is 41.6 Å². The number of likely N-dealkylation sites (tertiary alicyclic amines) is 1. The molecule has 18 heavy (non-hydrogen) atoms. The largest absolute Gasteiger partial charge is 0.444 e. The minimum atomic E-state index is -0.399. The molecule has 0 bridgehead atoms. The van der Waals surface area contributed by atoms with Crippen molar-refractivity contribution in [1.82, 2.24) is 10.2 Å². The van der Waals surface area contributed by atoms with Crippen LogP contribution in [0, 0.1) is 0 Å². The second kappa shape index (κ2) is 4.72. The summed E-state index contributed by atoms with van der Waals surface area (Å²) in [6, 6.07) is 0.725. The van der Waals surface area contributed by atoms with E-state index in [4.69, 9.17) is 4.74 Å². The van der Waals surface area contributed by atoms with Crippen molar-refractivity contribution in [3.63, 3.8) is 0 Å². The van der Waals surface area contributed by atoms with Gasteiger partial charge in [-0.2, -0.15) is 0 Å².